The average Bonchev–Trinajstić information content (AvgIpc) is 2.36. The van der Waals surface area contributed by atoms with E-state index in [9.17, 15) is 9.59 Å². The molecule has 0 saturated heterocycles. The van der Waals surface area contributed by atoms with Crippen LogP contribution in [-0.2, 0) is 9.53 Å². The Kier molecular flexibility index (Phi) is 5.13. The van der Waals surface area contributed by atoms with E-state index in [1.54, 1.807) is 25.1 Å². The van der Waals surface area contributed by atoms with Gasteiger partial charge in [0.05, 0.1) is 18.8 Å². The summed E-state index contributed by atoms with van der Waals surface area (Å²) in [6.07, 6.45) is 0. The molecule has 0 aliphatic heterocycles. The van der Waals surface area contributed by atoms with Gasteiger partial charge in [0.2, 0.25) is 0 Å². The predicted octanol–water partition coefficient (Wildman–Crippen LogP) is -0.0774. The molecule has 0 aliphatic rings. The van der Waals surface area contributed by atoms with Crippen LogP contribution in [0.25, 0.3) is 0 Å². The van der Waals surface area contributed by atoms with Crippen LogP contribution in [0.3, 0.4) is 0 Å². The number of nitrogen functional groups attached to an aromatic ring is 1. The molecule has 0 aromatic heterocycles. The van der Waals surface area contributed by atoms with Gasteiger partial charge in [-0.05, 0) is 19.1 Å². The first-order chi connectivity index (χ1) is 8.60. The quantitative estimate of drug-likeness (QED) is 0.502. The van der Waals surface area contributed by atoms with E-state index in [1.165, 1.54) is 6.07 Å². The molecule has 0 radical (unpaired) electrons. The predicted molar refractivity (Wildman–Crippen MR) is 65.8 cm³/mol. The molecular weight excluding hydrogens is 236 g/mol. The first-order valence-corrected chi connectivity index (χ1v) is 5.53. The molecule has 1 rings (SSSR count). The number of carbonyl (C=O) groups excluding carboxylic acids is 2. The third kappa shape index (κ3) is 3.46. The summed E-state index contributed by atoms with van der Waals surface area (Å²) in [4.78, 5) is 23.2. The summed E-state index contributed by atoms with van der Waals surface area (Å²) in [5.74, 6) is -1.21. The zero-order valence-electron chi connectivity index (χ0n) is 10.1. The summed E-state index contributed by atoms with van der Waals surface area (Å²) in [5, 5.41) is 11.4. The molecule has 0 heterocycles. The molecule has 1 aromatic rings. The number of nitrogens with two attached hydrogens (primary N) is 1. The molecule has 98 valence electrons. The smallest absolute Gasteiger partial charge is 0.331 e. The minimum absolute atomic E-state index is 0.179. The van der Waals surface area contributed by atoms with Crippen LogP contribution in [0.1, 0.15) is 17.3 Å². The Balaban J connectivity index is 2.74. The lowest BCUT2D eigenvalue weighted by Gasteiger charge is -2.15. The maximum absolute atomic E-state index is 11.8. The van der Waals surface area contributed by atoms with Gasteiger partial charge in [-0.15, -0.1) is 0 Å². The second kappa shape index (κ2) is 6.61. The zero-order valence-corrected chi connectivity index (χ0v) is 10.1. The molecule has 0 aliphatic carbocycles. The van der Waals surface area contributed by atoms with Gasteiger partial charge in [0.25, 0.3) is 5.91 Å². The van der Waals surface area contributed by atoms with Crippen LogP contribution < -0.4 is 11.1 Å². The third-order valence-electron chi connectivity index (χ3n) is 2.26. The highest BCUT2D eigenvalue weighted by Crippen LogP contribution is 2.10. The van der Waals surface area contributed by atoms with E-state index in [0.29, 0.717) is 5.69 Å². The van der Waals surface area contributed by atoms with E-state index >= 15 is 0 Å². The lowest BCUT2D eigenvalue weighted by Crippen LogP contribution is -2.44. The fourth-order valence-electron chi connectivity index (χ4n) is 1.36. The van der Waals surface area contributed by atoms with Gasteiger partial charge in [-0.1, -0.05) is 12.1 Å². The van der Waals surface area contributed by atoms with Crippen LogP contribution >= 0.6 is 0 Å². The fraction of sp³-hybridized carbons (Fsp3) is 0.333. The average molecular weight is 252 g/mol. The lowest BCUT2D eigenvalue weighted by atomic mass is 10.1. The monoisotopic (exact) mass is 252 g/mol. The van der Waals surface area contributed by atoms with Crippen molar-refractivity contribution in [2.75, 3.05) is 18.9 Å². The third-order valence-corrected chi connectivity index (χ3v) is 2.26. The number of ether oxygens (including phenoxy) is 1. The number of para-hydroxylation sites is 1. The number of hydrogen-bond donors (Lipinski definition) is 3. The Labute approximate surface area is 105 Å². The minimum Gasteiger partial charge on any atom is -0.464 e. The van der Waals surface area contributed by atoms with Crippen molar-refractivity contribution in [3.63, 3.8) is 0 Å². The van der Waals surface area contributed by atoms with Gasteiger partial charge in [0.15, 0.2) is 6.04 Å². The Morgan fingerprint density at radius 2 is 2.11 bits per heavy atom. The van der Waals surface area contributed by atoms with Crippen molar-refractivity contribution in [2.24, 2.45) is 0 Å². The molecular formula is C12H16N2O4. The molecule has 0 unspecified atom stereocenters. The first-order valence-electron chi connectivity index (χ1n) is 5.53. The van der Waals surface area contributed by atoms with Crippen LogP contribution in [0, 0.1) is 0 Å². The van der Waals surface area contributed by atoms with Crippen LogP contribution in [0.2, 0.25) is 0 Å². The molecule has 4 N–H and O–H groups in total. The summed E-state index contributed by atoms with van der Waals surface area (Å²) < 4.78 is 4.72. The number of anilines is 1. The largest absolute Gasteiger partial charge is 0.464 e. The van der Waals surface area contributed by atoms with E-state index in [2.05, 4.69) is 5.32 Å². The summed E-state index contributed by atoms with van der Waals surface area (Å²) in [6, 6.07) is 5.37. The van der Waals surface area contributed by atoms with E-state index < -0.39 is 24.5 Å². The van der Waals surface area contributed by atoms with Gasteiger partial charge in [-0.2, -0.15) is 0 Å². The molecule has 6 nitrogen and oxygen atoms in total. The van der Waals surface area contributed by atoms with Crippen molar-refractivity contribution in [3.8, 4) is 0 Å². The second-order valence-corrected chi connectivity index (χ2v) is 3.55. The number of esters is 1. The Bertz CT molecular complexity index is 434. The molecule has 6 heteroatoms. The number of hydrogen-bond acceptors (Lipinski definition) is 5. The number of rotatable bonds is 5. The summed E-state index contributed by atoms with van der Waals surface area (Å²) in [5.41, 5.74) is 6.19. The molecule has 0 bridgehead atoms. The number of amides is 1. The Morgan fingerprint density at radius 3 is 2.67 bits per heavy atom. The summed E-state index contributed by atoms with van der Waals surface area (Å²) in [6.45, 7) is 1.29. The number of aliphatic hydroxyl groups excluding tert-OH is 1. The van der Waals surface area contributed by atoms with E-state index in [0.717, 1.165) is 0 Å². The molecule has 0 spiro atoms. The zero-order chi connectivity index (χ0) is 13.5. The first kappa shape index (κ1) is 14.0. The highest BCUT2D eigenvalue weighted by atomic mass is 16.5. The molecule has 1 amide bonds. The van der Waals surface area contributed by atoms with Crippen LogP contribution in [0.4, 0.5) is 5.69 Å². The SMILES string of the molecule is CCOC(=O)[C@@H](CO)NC(=O)c1ccccc1N. The van der Waals surface area contributed by atoms with Gasteiger partial charge >= 0.3 is 5.97 Å². The number of aliphatic hydroxyl groups is 1. The van der Waals surface area contributed by atoms with Crippen molar-refractivity contribution in [3.05, 3.63) is 29.8 Å². The Hall–Kier alpha value is -2.08. The molecule has 1 atom stereocenters. The molecule has 18 heavy (non-hydrogen) atoms. The van der Waals surface area contributed by atoms with Gasteiger partial charge in [0, 0.05) is 5.69 Å². The van der Waals surface area contributed by atoms with Gasteiger partial charge < -0.3 is 20.9 Å². The van der Waals surface area contributed by atoms with Crippen molar-refractivity contribution in [1.29, 1.82) is 0 Å². The van der Waals surface area contributed by atoms with Crippen LogP contribution in [0.15, 0.2) is 24.3 Å². The molecule has 1 aromatic carbocycles. The van der Waals surface area contributed by atoms with Crippen molar-refractivity contribution >= 4 is 17.6 Å². The van der Waals surface area contributed by atoms with Crippen LogP contribution in [0.5, 0.6) is 0 Å². The summed E-state index contributed by atoms with van der Waals surface area (Å²) >= 11 is 0. The van der Waals surface area contributed by atoms with Crippen molar-refractivity contribution in [1.82, 2.24) is 5.32 Å². The lowest BCUT2D eigenvalue weighted by molar-refractivity contribution is -0.146. The molecule has 0 fully saturated rings. The maximum Gasteiger partial charge on any atom is 0.331 e. The maximum atomic E-state index is 11.8. The van der Waals surface area contributed by atoms with E-state index in [1.807, 2.05) is 0 Å². The number of carbonyl (C=O) groups is 2. The van der Waals surface area contributed by atoms with Gasteiger partial charge in [-0.3, -0.25) is 4.79 Å². The van der Waals surface area contributed by atoms with E-state index in [-0.39, 0.29) is 12.2 Å². The van der Waals surface area contributed by atoms with Crippen molar-refractivity contribution in [2.45, 2.75) is 13.0 Å². The normalized spacial score (nSPS) is 11.7. The van der Waals surface area contributed by atoms with Crippen LogP contribution in [-0.4, -0.2) is 36.2 Å². The highest BCUT2D eigenvalue weighted by Gasteiger charge is 2.22. The van der Waals surface area contributed by atoms with E-state index in [4.69, 9.17) is 15.6 Å². The standard InChI is InChI=1S/C12H16N2O4/c1-2-18-12(17)10(7-15)14-11(16)8-5-3-4-6-9(8)13/h3-6,10,15H,2,7,13H2,1H3,(H,14,16)/t10-/m1/s1. The Morgan fingerprint density at radius 1 is 1.44 bits per heavy atom. The fourth-order valence-corrected chi connectivity index (χ4v) is 1.36. The summed E-state index contributed by atoms with van der Waals surface area (Å²) in [7, 11) is 0. The topological polar surface area (TPSA) is 102 Å². The molecule has 0 saturated carbocycles. The van der Waals surface area contributed by atoms with Crippen molar-refractivity contribution < 1.29 is 19.4 Å². The highest BCUT2D eigenvalue weighted by molar-refractivity contribution is 6.00. The second-order valence-electron chi connectivity index (χ2n) is 3.55. The number of benzene rings is 1. The number of nitrogens with one attached hydrogen (secondary N) is 1. The van der Waals surface area contributed by atoms with Gasteiger partial charge in [-0.25, -0.2) is 4.79 Å². The van der Waals surface area contributed by atoms with Gasteiger partial charge in [0.1, 0.15) is 0 Å². The minimum atomic E-state index is -1.09.